The number of aliphatic hydroxyl groups is 1. The van der Waals surface area contributed by atoms with Gasteiger partial charge in [0.1, 0.15) is 0 Å². The van der Waals surface area contributed by atoms with Crippen LogP contribution in [-0.4, -0.2) is 53.2 Å². The van der Waals surface area contributed by atoms with Crippen LogP contribution >= 0.6 is 11.3 Å². The van der Waals surface area contributed by atoms with Crippen molar-refractivity contribution in [1.29, 1.82) is 0 Å². The largest absolute Gasteiger partial charge is 0.390 e. The Morgan fingerprint density at radius 3 is 2.09 bits per heavy atom. The highest BCUT2D eigenvalue weighted by molar-refractivity contribution is 7.07. The molecule has 1 N–H and O–H groups in total. The van der Waals surface area contributed by atoms with Crippen molar-refractivity contribution in [2.24, 2.45) is 11.8 Å². The van der Waals surface area contributed by atoms with Gasteiger partial charge in [0.2, 0.25) is 0 Å². The van der Waals surface area contributed by atoms with Crippen LogP contribution in [0.1, 0.15) is 43.7 Å². The van der Waals surface area contributed by atoms with E-state index >= 15 is 0 Å². The number of hydrogen-bond acceptors (Lipinski definition) is 4. The Balaban J connectivity index is 0.000000514. The lowest BCUT2D eigenvalue weighted by atomic mass is 9.81. The third-order valence-electron chi connectivity index (χ3n) is 7.50. The molecule has 2 aliphatic rings. The quantitative estimate of drug-likeness (QED) is 0.398. The van der Waals surface area contributed by atoms with E-state index in [-0.39, 0.29) is 0 Å². The van der Waals surface area contributed by atoms with Gasteiger partial charge in [0, 0.05) is 32.7 Å². The van der Waals surface area contributed by atoms with Crippen molar-refractivity contribution in [3.05, 3.63) is 94.7 Å². The van der Waals surface area contributed by atoms with E-state index in [2.05, 4.69) is 77.4 Å². The van der Waals surface area contributed by atoms with Crippen molar-refractivity contribution in [3.63, 3.8) is 0 Å². The second-order valence-corrected chi connectivity index (χ2v) is 11.5. The summed E-state index contributed by atoms with van der Waals surface area (Å²) in [6.45, 7) is 9.08. The van der Waals surface area contributed by atoms with E-state index in [1.807, 2.05) is 22.9 Å². The first-order valence-electron chi connectivity index (χ1n) is 13.3. The third-order valence-corrected chi connectivity index (χ3v) is 8.13. The lowest BCUT2D eigenvalue weighted by Gasteiger charge is -2.40. The fourth-order valence-electron chi connectivity index (χ4n) is 5.73. The molecule has 2 saturated heterocycles. The average molecular weight is 491 g/mol. The average Bonchev–Trinajstić information content (AvgIpc) is 3.58. The number of benzene rings is 2. The molecule has 0 radical (unpaired) electrons. The minimum Gasteiger partial charge on any atom is -0.390 e. The van der Waals surface area contributed by atoms with Crippen molar-refractivity contribution in [2.75, 3.05) is 32.7 Å². The van der Waals surface area contributed by atoms with E-state index in [0.717, 1.165) is 51.2 Å². The van der Waals surface area contributed by atoms with E-state index < -0.39 is 5.60 Å². The summed E-state index contributed by atoms with van der Waals surface area (Å²) in [5.74, 6) is 1.29. The van der Waals surface area contributed by atoms with E-state index in [1.54, 1.807) is 11.3 Å². The van der Waals surface area contributed by atoms with Crippen LogP contribution < -0.4 is 0 Å². The maximum atomic E-state index is 11.2. The second kappa shape index (κ2) is 13.4. The Bertz CT molecular complexity index is 921. The molecule has 2 fully saturated rings. The number of thiophene rings is 1. The van der Waals surface area contributed by atoms with Crippen LogP contribution in [0, 0.1) is 11.8 Å². The summed E-state index contributed by atoms with van der Waals surface area (Å²) in [4.78, 5) is 5.21. The van der Waals surface area contributed by atoms with Gasteiger partial charge in [0.15, 0.2) is 0 Å². The summed E-state index contributed by atoms with van der Waals surface area (Å²) in [7, 11) is 0. The first-order chi connectivity index (χ1) is 17.1. The first-order valence-corrected chi connectivity index (χ1v) is 14.2. The van der Waals surface area contributed by atoms with E-state index in [9.17, 15) is 5.11 Å². The fraction of sp³-hybridized carbons (Fsp3) is 0.484. The van der Waals surface area contributed by atoms with Crippen molar-refractivity contribution in [3.8, 4) is 0 Å². The molecule has 35 heavy (non-hydrogen) atoms. The Kier molecular flexibility index (Phi) is 9.96. The van der Waals surface area contributed by atoms with E-state index in [0.29, 0.717) is 5.92 Å². The van der Waals surface area contributed by atoms with Gasteiger partial charge in [-0.05, 0) is 72.4 Å². The predicted octanol–water partition coefficient (Wildman–Crippen LogP) is 6.35. The van der Waals surface area contributed by atoms with Crippen LogP contribution in [0.25, 0.3) is 0 Å². The third kappa shape index (κ3) is 8.88. The molecule has 0 spiro atoms. The van der Waals surface area contributed by atoms with Crippen LogP contribution in [0.15, 0.2) is 83.6 Å². The highest BCUT2D eigenvalue weighted by Gasteiger charge is 2.35. The van der Waals surface area contributed by atoms with Gasteiger partial charge in [-0.3, -0.25) is 4.90 Å². The van der Waals surface area contributed by atoms with Crippen molar-refractivity contribution >= 4 is 11.3 Å². The summed E-state index contributed by atoms with van der Waals surface area (Å²) in [5, 5.41) is 15.3. The molecule has 5 rings (SSSR count). The first kappa shape index (κ1) is 26.1. The standard InChI is InChI=1S/C27H38N2O.C4H4S/c1-23(18-24-8-4-2-5-9-24)19-27(30)13-16-28(17-14-27)21-26-12-15-29(22-26)20-25-10-6-3-7-11-25;1-2-4-5-3-1/h2-11,23,26,30H,12-22H2,1H3;1-4H. The highest BCUT2D eigenvalue weighted by atomic mass is 32.1. The molecule has 3 nitrogen and oxygen atoms in total. The van der Waals surface area contributed by atoms with Gasteiger partial charge in [-0.15, -0.1) is 0 Å². The van der Waals surface area contributed by atoms with Crippen LogP contribution in [-0.2, 0) is 13.0 Å². The number of piperidine rings is 1. The smallest absolute Gasteiger partial charge is 0.0674 e. The molecular formula is C31H42N2OS. The lowest BCUT2D eigenvalue weighted by molar-refractivity contribution is -0.0397. The van der Waals surface area contributed by atoms with Crippen LogP contribution in [0.4, 0.5) is 0 Å². The minimum absolute atomic E-state index is 0.473. The van der Waals surface area contributed by atoms with E-state index in [4.69, 9.17) is 0 Å². The van der Waals surface area contributed by atoms with Crippen molar-refractivity contribution in [1.82, 2.24) is 9.80 Å². The van der Waals surface area contributed by atoms with Crippen LogP contribution in [0.5, 0.6) is 0 Å². The SMILES string of the molecule is CC(Cc1ccccc1)CC1(O)CCN(CC2CCN(Cc3ccccc3)C2)CC1.c1ccsc1. The molecule has 3 heterocycles. The molecule has 0 bridgehead atoms. The minimum atomic E-state index is -0.473. The molecule has 4 heteroatoms. The molecule has 0 amide bonds. The summed E-state index contributed by atoms with van der Waals surface area (Å²) in [6, 6.07) is 25.6. The summed E-state index contributed by atoms with van der Waals surface area (Å²) in [6.07, 6.45) is 5.14. The monoisotopic (exact) mass is 490 g/mol. The number of rotatable bonds is 8. The highest BCUT2D eigenvalue weighted by Crippen LogP contribution is 2.31. The van der Waals surface area contributed by atoms with Crippen molar-refractivity contribution < 1.29 is 5.11 Å². The Hall–Kier alpha value is -1.98. The number of likely N-dealkylation sites (tertiary alicyclic amines) is 2. The molecule has 2 unspecified atom stereocenters. The molecule has 2 aromatic carbocycles. The van der Waals surface area contributed by atoms with Gasteiger partial charge < -0.3 is 10.0 Å². The fourth-order valence-corrected chi connectivity index (χ4v) is 6.19. The molecule has 188 valence electrons. The maximum Gasteiger partial charge on any atom is 0.0674 e. The molecule has 2 aliphatic heterocycles. The second-order valence-electron chi connectivity index (χ2n) is 10.7. The summed E-state index contributed by atoms with van der Waals surface area (Å²) in [5.41, 5.74) is 2.33. The van der Waals surface area contributed by atoms with Crippen molar-refractivity contribution in [2.45, 2.75) is 51.2 Å². The maximum absolute atomic E-state index is 11.2. The van der Waals surface area contributed by atoms with Crippen LogP contribution in [0.2, 0.25) is 0 Å². The summed E-state index contributed by atoms with van der Waals surface area (Å²) >= 11 is 1.71. The zero-order chi connectivity index (χ0) is 24.3. The zero-order valence-electron chi connectivity index (χ0n) is 21.3. The molecule has 1 aromatic heterocycles. The zero-order valence-corrected chi connectivity index (χ0v) is 22.1. The topological polar surface area (TPSA) is 26.7 Å². The molecule has 3 aromatic rings. The summed E-state index contributed by atoms with van der Waals surface area (Å²) < 4.78 is 0. The Labute approximate surface area is 216 Å². The normalized spacial score (nSPS) is 21.3. The van der Waals surface area contributed by atoms with Gasteiger partial charge in [-0.25, -0.2) is 0 Å². The van der Waals surface area contributed by atoms with E-state index in [1.165, 1.54) is 37.2 Å². The number of hydrogen-bond donors (Lipinski definition) is 1. The Morgan fingerprint density at radius 2 is 1.49 bits per heavy atom. The van der Waals surface area contributed by atoms with Gasteiger partial charge in [-0.2, -0.15) is 11.3 Å². The molecule has 0 saturated carbocycles. The lowest BCUT2D eigenvalue weighted by Crippen LogP contribution is -2.46. The van der Waals surface area contributed by atoms with Gasteiger partial charge in [0.25, 0.3) is 0 Å². The van der Waals surface area contributed by atoms with Gasteiger partial charge >= 0.3 is 0 Å². The van der Waals surface area contributed by atoms with Crippen LogP contribution in [0.3, 0.4) is 0 Å². The predicted molar refractivity (Wildman–Crippen MR) is 149 cm³/mol. The molecular weight excluding hydrogens is 448 g/mol. The van der Waals surface area contributed by atoms with Gasteiger partial charge in [0.05, 0.1) is 5.60 Å². The van der Waals surface area contributed by atoms with Gasteiger partial charge in [-0.1, -0.05) is 79.7 Å². The molecule has 0 aliphatic carbocycles. The Morgan fingerprint density at radius 1 is 0.857 bits per heavy atom. The molecule has 2 atom stereocenters. The number of nitrogens with zero attached hydrogens (tertiary/aromatic N) is 2.